The van der Waals surface area contributed by atoms with Gasteiger partial charge in [0.25, 0.3) is 5.91 Å². The maximum atomic E-state index is 13.2. The monoisotopic (exact) mass is 417 g/mol. The van der Waals surface area contributed by atoms with Crippen LogP contribution in [-0.4, -0.2) is 57.9 Å². The minimum atomic E-state index is -4.74. The molecule has 2 radical (unpaired) electrons. The lowest BCUT2D eigenvalue weighted by atomic mass is 9.74. The van der Waals surface area contributed by atoms with Crippen LogP contribution < -0.4 is 9.47 Å². The van der Waals surface area contributed by atoms with Gasteiger partial charge in [0.1, 0.15) is 18.1 Å². The van der Waals surface area contributed by atoms with Crippen LogP contribution >= 0.6 is 0 Å². The number of benzene rings is 2. The second-order valence-electron chi connectivity index (χ2n) is 7.56. The van der Waals surface area contributed by atoms with E-state index in [1.165, 1.54) is 24.3 Å². The number of alkyl halides is 3. The SMILES string of the molecule is [B]CC1(CN2CCOc3ccc(-c4ccc(OC(F)(F)F)cc4)cc3C2=O)COC1. The van der Waals surface area contributed by atoms with Crippen molar-refractivity contribution in [1.29, 1.82) is 0 Å². The number of amides is 1. The molecule has 2 aliphatic heterocycles. The average Bonchev–Trinajstić information content (AvgIpc) is 2.83. The summed E-state index contributed by atoms with van der Waals surface area (Å²) >= 11 is 0. The minimum Gasteiger partial charge on any atom is -0.491 e. The van der Waals surface area contributed by atoms with Crippen LogP contribution in [0.2, 0.25) is 6.32 Å². The van der Waals surface area contributed by atoms with Gasteiger partial charge in [0.2, 0.25) is 0 Å². The summed E-state index contributed by atoms with van der Waals surface area (Å²) in [5.41, 5.74) is 1.52. The number of hydrogen-bond acceptors (Lipinski definition) is 4. The van der Waals surface area contributed by atoms with Crippen molar-refractivity contribution in [2.45, 2.75) is 12.7 Å². The molecule has 0 atom stereocenters. The van der Waals surface area contributed by atoms with Crippen LogP contribution in [-0.2, 0) is 4.74 Å². The molecule has 0 saturated carbocycles. The van der Waals surface area contributed by atoms with Crippen LogP contribution in [0.15, 0.2) is 42.5 Å². The van der Waals surface area contributed by atoms with E-state index in [4.69, 9.17) is 17.3 Å². The smallest absolute Gasteiger partial charge is 0.491 e. The number of halogens is 3. The Bertz CT molecular complexity index is 923. The van der Waals surface area contributed by atoms with Crippen LogP contribution in [0.1, 0.15) is 10.4 Å². The first-order chi connectivity index (χ1) is 14.3. The highest BCUT2D eigenvalue weighted by Crippen LogP contribution is 2.35. The van der Waals surface area contributed by atoms with Crippen molar-refractivity contribution in [2.75, 3.05) is 32.9 Å². The zero-order valence-corrected chi connectivity index (χ0v) is 16.1. The first kappa shape index (κ1) is 20.6. The topological polar surface area (TPSA) is 48.0 Å². The quantitative estimate of drug-likeness (QED) is 0.697. The van der Waals surface area contributed by atoms with Gasteiger partial charge in [0, 0.05) is 12.0 Å². The zero-order valence-electron chi connectivity index (χ0n) is 16.1. The van der Waals surface area contributed by atoms with Crippen molar-refractivity contribution in [3.8, 4) is 22.6 Å². The Hall–Kier alpha value is -2.68. The van der Waals surface area contributed by atoms with Gasteiger partial charge < -0.3 is 19.1 Å². The highest BCUT2D eigenvalue weighted by atomic mass is 19.4. The van der Waals surface area contributed by atoms with E-state index in [9.17, 15) is 18.0 Å². The first-order valence-corrected chi connectivity index (χ1v) is 9.49. The maximum absolute atomic E-state index is 13.2. The summed E-state index contributed by atoms with van der Waals surface area (Å²) in [5, 5.41) is 0. The molecule has 2 heterocycles. The zero-order chi connectivity index (χ0) is 21.4. The Morgan fingerprint density at radius 3 is 2.40 bits per heavy atom. The predicted molar refractivity (Wildman–Crippen MR) is 104 cm³/mol. The fourth-order valence-corrected chi connectivity index (χ4v) is 3.61. The lowest BCUT2D eigenvalue weighted by Gasteiger charge is -2.44. The molecule has 2 aliphatic rings. The number of rotatable bonds is 5. The Morgan fingerprint density at radius 2 is 1.80 bits per heavy atom. The summed E-state index contributed by atoms with van der Waals surface area (Å²) in [6.45, 7) is 2.33. The van der Waals surface area contributed by atoms with Crippen molar-refractivity contribution in [1.82, 2.24) is 4.90 Å². The number of carbonyl (C=O) groups is 1. The van der Waals surface area contributed by atoms with Crippen LogP contribution in [0.4, 0.5) is 13.2 Å². The molecule has 30 heavy (non-hydrogen) atoms. The minimum absolute atomic E-state index is 0.166. The molecular formula is C21H19BF3NO4. The van der Waals surface area contributed by atoms with Crippen LogP contribution in [0.3, 0.4) is 0 Å². The summed E-state index contributed by atoms with van der Waals surface area (Å²) < 4.78 is 52.0. The maximum Gasteiger partial charge on any atom is 0.573 e. The molecule has 0 aromatic heterocycles. The Balaban J connectivity index is 1.58. The first-order valence-electron chi connectivity index (χ1n) is 9.49. The van der Waals surface area contributed by atoms with Crippen molar-refractivity contribution in [2.24, 2.45) is 5.41 Å². The molecular weight excluding hydrogens is 398 g/mol. The molecule has 2 aromatic carbocycles. The number of fused-ring (bicyclic) bond motifs is 1. The van der Waals surface area contributed by atoms with Gasteiger partial charge in [-0.25, -0.2) is 0 Å². The van der Waals surface area contributed by atoms with Gasteiger partial charge in [0.15, 0.2) is 0 Å². The van der Waals surface area contributed by atoms with Crippen molar-refractivity contribution < 1.29 is 32.2 Å². The third-order valence-corrected chi connectivity index (χ3v) is 5.31. The van der Waals surface area contributed by atoms with Crippen molar-refractivity contribution in [3.05, 3.63) is 48.0 Å². The summed E-state index contributed by atoms with van der Waals surface area (Å²) in [5.74, 6) is 0.0115. The van der Waals surface area contributed by atoms with Crippen LogP contribution in [0.5, 0.6) is 11.5 Å². The van der Waals surface area contributed by atoms with Crippen LogP contribution in [0, 0.1) is 5.41 Å². The molecule has 0 aliphatic carbocycles. The highest BCUT2D eigenvalue weighted by Gasteiger charge is 2.40. The summed E-state index contributed by atoms with van der Waals surface area (Å²) in [6, 6.07) is 10.7. The standard InChI is InChI=1S/C21H19BF3NO4/c22-10-20(12-28-13-20)11-26-7-8-29-18-6-3-15(9-17(18)19(26)27)14-1-4-16(5-2-14)30-21(23,24)25/h1-6,9H,7-8,10-13H2. The fraction of sp³-hybridized carbons (Fsp3) is 0.381. The van der Waals surface area contributed by atoms with E-state index in [-0.39, 0.29) is 17.1 Å². The summed E-state index contributed by atoms with van der Waals surface area (Å²) in [4.78, 5) is 14.9. The molecule has 0 spiro atoms. The summed E-state index contributed by atoms with van der Waals surface area (Å²) in [6.07, 6.45) is -4.32. The van der Waals surface area contributed by atoms with Gasteiger partial charge in [-0.3, -0.25) is 4.79 Å². The second kappa shape index (κ2) is 7.87. The molecule has 1 saturated heterocycles. The van der Waals surface area contributed by atoms with Crippen LogP contribution in [0.25, 0.3) is 11.1 Å². The number of ether oxygens (including phenoxy) is 3. The molecule has 4 rings (SSSR count). The van der Waals surface area contributed by atoms with E-state index >= 15 is 0 Å². The predicted octanol–water partition coefficient (Wildman–Crippen LogP) is 3.69. The Labute approximate surface area is 173 Å². The van der Waals surface area contributed by atoms with Gasteiger partial charge in [-0.2, -0.15) is 0 Å². The van der Waals surface area contributed by atoms with Gasteiger partial charge in [-0.05, 0) is 35.4 Å². The lowest BCUT2D eigenvalue weighted by Crippen LogP contribution is -2.52. The van der Waals surface area contributed by atoms with Gasteiger partial charge >= 0.3 is 6.36 Å². The molecule has 1 amide bonds. The van der Waals surface area contributed by atoms with E-state index in [0.29, 0.717) is 61.7 Å². The van der Waals surface area contributed by atoms with Crippen molar-refractivity contribution >= 4 is 13.8 Å². The number of carbonyl (C=O) groups excluding carboxylic acids is 1. The third kappa shape index (κ3) is 4.26. The molecule has 156 valence electrons. The molecule has 5 nitrogen and oxygen atoms in total. The van der Waals surface area contributed by atoms with E-state index in [1.807, 2.05) is 0 Å². The van der Waals surface area contributed by atoms with E-state index < -0.39 is 6.36 Å². The Kier molecular flexibility index (Phi) is 5.40. The lowest BCUT2D eigenvalue weighted by molar-refractivity contribution is -0.274. The Morgan fingerprint density at radius 1 is 1.10 bits per heavy atom. The number of nitrogens with zero attached hydrogens (tertiary/aromatic N) is 1. The highest BCUT2D eigenvalue weighted by molar-refractivity contribution is 6.09. The van der Waals surface area contributed by atoms with E-state index in [2.05, 4.69) is 4.74 Å². The average molecular weight is 417 g/mol. The van der Waals surface area contributed by atoms with E-state index in [0.717, 1.165) is 0 Å². The van der Waals surface area contributed by atoms with Gasteiger partial charge in [-0.1, -0.05) is 24.5 Å². The molecule has 0 bridgehead atoms. The second-order valence-corrected chi connectivity index (χ2v) is 7.56. The van der Waals surface area contributed by atoms with Crippen molar-refractivity contribution in [3.63, 3.8) is 0 Å². The molecule has 1 fully saturated rings. The fourth-order valence-electron chi connectivity index (χ4n) is 3.61. The molecule has 0 N–H and O–H groups in total. The van der Waals surface area contributed by atoms with E-state index in [1.54, 1.807) is 23.1 Å². The largest absolute Gasteiger partial charge is 0.573 e. The normalized spacial score (nSPS) is 18.1. The van der Waals surface area contributed by atoms with Gasteiger partial charge in [0.05, 0.1) is 33.2 Å². The van der Waals surface area contributed by atoms with Gasteiger partial charge in [-0.15, -0.1) is 13.2 Å². The number of hydrogen-bond donors (Lipinski definition) is 0. The molecule has 0 unspecified atom stereocenters. The third-order valence-electron chi connectivity index (χ3n) is 5.31. The summed E-state index contributed by atoms with van der Waals surface area (Å²) in [7, 11) is 5.89. The molecule has 9 heteroatoms. The molecule has 2 aromatic rings.